The number of carbonyl (C=O) groups excluding carboxylic acids is 10. The van der Waals surface area contributed by atoms with Crippen molar-refractivity contribution in [3.63, 3.8) is 0 Å². The Hall–Kier alpha value is -14.1. The molecule has 127 heavy (non-hydrogen) atoms. The average molecular weight is 1830 g/mol. The minimum absolute atomic E-state index is 0. The first-order valence-electron chi connectivity index (χ1n) is 36.6. The number of benzene rings is 5. The molecule has 688 valence electrons. The number of alkyl halides is 12. The maximum Gasteiger partial charge on any atom is 0.436 e. The van der Waals surface area contributed by atoms with Crippen LogP contribution in [0, 0.1) is 0 Å². The third-order valence-electron chi connectivity index (χ3n) is 15.7. The summed E-state index contributed by atoms with van der Waals surface area (Å²) in [6.45, 7) is 11.1. The molecular weight excluding hydrogens is 1740 g/mol. The molecule has 0 fully saturated rings. The van der Waals surface area contributed by atoms with E-state index in [0.717, 1.165) is 64.8 Å². The maximum absolute atomic E-state index is 13.6. The van der Waals surface area contributed by atoms with Gasteiger partial charge in [0.1, 0.15) is 46.7 Å². The molecule has 0 unspecified atom stereocenters. The molecule has 9 aromatic rings. The standard InChI is InChI=1S/C24H23F3N4O5.C20H23F3N4O5.C15H15F3N4O3.C11H7F3N2O2.C9H18N2O4.ClH/c1-3-36-17-11-9-15(10-12-17)21(32)28-13-19(23(34)35-2)29-22(33)18-14-31(16-7-5-4-6-8-16)30-20(18)24(25,26)27;1-19(2,3)32-18(30)24-10-14(17(29)31-4)25-16(28)13-11-27(12-8-6-5-7-9-12)26-15(13)20(21,22)23;1-25-14(24)11(7-19)20-13(23)10-8-22(9-5-3-2-4-6-9)21-12(10)15(16,17)18;12-11(13,14)9-8(10(17)18)6-16(15-9)7-4-2-1-3-5-7;1-9(2,3)15-8(13)11-5-6(10)7(12)14-4;/h4-12,14,19H,3,13H2,1-2H3,(H,28,32)(H,29,33);5-9,11,14H,10H2,1-4H3,(H,24,30)(H,25,28);2-6,8,11H,7,19H2,1H3,(H,20,23);1-6H,(H,17,18);6H,5,10H2,1-4H3,(H,11,13);1H/t19-;14-;11-;;6-;/m000.0./s1. The van der Waals surface area contributed by atoms with Crippen molar-refractivity contribution in [1.82, 2.24) is 71.0 Å². The van der Waals surface area contributed by atoms with Gasteiger partial charge >= 0.3 is 66.7 Å². The quantitative estimate of drug-likeness (QED) is 0.0146. The third-order valence-corrected chi connectivity index (χ3v) is 15.7. The van der Waals surface area contributed by atoms with Gasteiger partial charge in [-0.25, -0.2) is 47.5 Å². The summed E-state index contributed by atoms with van der Waals surface area (Å²) in [5.41, 5.74) is 2.08. The molecule has 0 saturated carbocycles. The van der Waals surface area contributed by atoms with Crippen LogP contribution in [0.2, 0.25) is 0 Å². The predicted octanol–water partition coefficient (Wildman–Crippen LogP) is 9.82. The van der Waals surface area contributed by atoms with E-state index in [1.807, 2.05) is 6.92 Å². The Morgan fingerprint density at radius 2 is 0.669 bits per heavy atom. The van der Waals surface area contributed by atoms with Gasteiger partial charge in [-0.1, -0.05) is 72.8 Å². The van der Waals surface area contributed by atoms with Crippen LogP contribution < -0.4 is 48.1 Å². The predicted molar refractivity (Wildman–Crippen MR) is 426 cm³/mol. The Bertz CT molecular complexity index is 5160. The molecule has 0 spiro atoms. The maximum atomic E-state index is 13.6. The van der Waals surface area contributed by atoms with Gasteiger partial charge in [0.2, 0.25) is 0 Å². The Labute approximate surface area is 720 Å². The number of ether oxygens (including phenoxy) is 7. The van der Waals surface area contributed by atoms with Crippen molar-refractivity contribution in [2.75, 3.05) is 61.2 Å². The van der Waals surface area contributed by atoms with Gasteiger partial charge in [0.25, 0.3) is 23.6 Å². The minimum atomic E-state index is -4.94. The zero-order valence-electron chi connectivity index (χ0n) is 69.0. The number of para-hydroxylation sites is 4. The highest BCUT2D eigenvalue weighted by Gasteiger charge is 2.44. The van der Waals surface area contributed by atoms with Crippen molar-refractivity contribution in [1.29, 1.82) is 0 Å². The largest absolute Gasteiger partial charge is 0.494 e. The number of methoxy groups -OCH3 is 4. The molecule has 0 aliphatic carbocycles. The van der Waals surface area contributed by atoms with E-state index in [-0.39, 0.29) is 31.1 Å². The fourth-order valence-electron chi connectivity index (χ4n) is 9.98. The lowest BCUT2D eigenvalue weighted by molar-refractivity contribution is -0.143. The molecule has 4 heterocycles. The summed E-state index contributed by atoms with van der Waals surface area (Å²) >= 11 is 0. The van der Waals surface area contributed by atoms with Gasteiger partial charge in [0, 0.05) is 50.0 Å². The first-order valence-corrected chi connectivity index (χ1v) is 36.6. The third kappa shape index (κ3) is 33.1. The zero-order chi connectivity index (χ0) is 94.4. The fraction of sp³-hybridized carbons (Fsp3) is 0.329. The van der Waals surface area contributed by atoms with Crippen LogP contribution >= 0.6 is 12.4 Å². The SMILES string of the molecule is CCOc1ccc(C(=O)NC[C@H](NC(=O)c2cn(-c3ccccc3)nc2C(F)(F)F)C(=O)OC)cc1.COC(=O)[C@@H](N)CNC(=O)OC(C)(C)C.COC(=O)[C@H](CN)NC(=O)c1cn(-c2ccccc2)nc1C(F)(F)F.COC(=O)[C@H](CNC(=O)OC(C)(C)C)NC(=O)c1cn(-c2ccccc2)nc1C(F)(F)F.Cl.O=C(O)c1cn(-c2ccccc2)nc1C(F)(F)F. The topological polar surface area (TPSA) is 468 Å². The average Bonchev–Trinajstić information content (AvgIpc) is 1.54. The normalized spacial score (nSPS) is 12.2. The van der Waals surface area contributed by atoms with Crippen LogP contribution in [-0.2, 0) is 72.3 Å². The summed E-state index contributed by atoms with van der Waals surface area (Å²) < 4.78 is 196. The number of esters is 4. The van der Waals surface area contributed by atoms with Crippen LogP contribution in [0.4, 0.5) is 62.3 Å². The highest BCUT2D eigenvalue weighted by Crippen LogP contribution is 2.36. The molecular formula is C79H87ClF12N16O19. The van der Waals surface area contributed by atoms with Gasteiger partial charge in [0.05, 0.1) is 81.0 Å². The van der Waals surface area contributed by atoms with E-state index < -0.39 is 184 Å². The highest BCUT2D eigenvalue weighted by molar-refractivity contribution is 6.00. The summed E-state index contributed by atoms with van der Waals surface area (Å²) in [7, 11) is 4.38. The number of aromatic nitrogens is 8. The number of amides is 6. The molecule has 0 saturated heterocycles. The smallest absolute Gasteiger partial charge is 0.436 e. The number of carboxylic acids is 1. The van der Waals surface area contributed by atoms with Gasteiger partial charge in [-0.2, -0.15) is 73.1 Å². The molecule has 0 bridgehead atoms. The lowest BCUT2D eigenvalue weighted by Gasteiger charge is -2.21. The Balaban J connectivity index is 0.000000343. The molecule has 4 atom stereocenters. The number of halogens is 13. The van der Waals surface area contributed by atoms with Gasteiger partial charge in [-0.15, -0.1) is 12.4 Å². The Morgan fingerprint density at radius 3 is 0.937 bits per heavy atom. The number of carbonyl (C=O) groups is 11. The number of hydrogen-bond donors (Lipinski definition) is 9. The molecule has 9 rings (SSSR count). The summed E-state index contributed by atoms with van der Waals surface area (Å²) in [6, 6.07) is 32.9. The summed E-state index contributed by atoms with van der Waals surface area (Å²) in [4.78, 5) is 130. The first kappa shape index (κ1) is 105. The molecule has 11 N–H and O–H groups in total. The monoisotopic (exact) mass is 1830 g/mol. The van der Waals surface area contributed by atoms with Crippen molar-refractivity contribution in [3.05, 3.63) is 221 Å². The highest BCUT2D eigenvalue weighted by atomic mass is 35.5. The molecule has 0 aliphatic rings. The summed E-state index contributed by atoms with van der Waals surface area (Å²) in [6.07, 6.45) is -17.4. The Kier molecular flexibility index (Phi) is 39.0. The lowest BCUT2D eigenvalue weighted by Crippen LogP contribution is -2.49. The van der Waals surface area contributed by atoms with E-state index in [9.17, 15) is 105 Å². The van der Waals surface area contributed by atoms with E-state index in [1.165, 1.54) is 67.8 Å². The second-order valence-electron chi connectivity index (χ2n) is 27.4. The van der Waals surface area contributed by atoms with Crippen LogP contribution in [0.5, 0.6) is 5.75 Å². The molecule has 4 aromatic heterocycles. The minimum Gasteiger partial charge on any atom is -0.494 e. The van der Waals surface area contributed by atoms with Gasteiger partial charge in [-0.3, -0.25) is 24.0 Å². The second kappa shape index (κ2) is 47.1. The van der Waals surface area contributed by atoms with Crippen molar-refractivity contribution in [3.8, 4) is 28.5 Å². The van der Waals surface area contributed by atoms with Gasteiger partial charge in [-0.05, 0) is 121 Å². The number of carboxylic acid groups (broad SMARTS) is 1. The van der Waals surface area contributed by atoms with Crippen molar-refractivity contribution in [2.45, 2.75) is 109 Å². The van der Waals surface area contributed by atoms with Crippen LogP contribution in [0.1, 0.15) is 123 Å². The first-order chi connectivity index (χ1) is 58.9. The van der Waals surface area contributed by atoms with E-state index in [4.69, 9.17) is 30.8 Å². The van der Waals surface area contributed by atoms with E-state index in [2.05, 4.69) is 71.2 Å². The second-order valence-corrected chi connectivity index (χ2v) is 27.4. The lowest BCUT2D eigenvalue weighted by atomic mass is 10.2. The number of nitrogens with two attached hydrogens (primary N) is 2. The van der Waals surface area contributed by atoms with Crippen LogP contribution in [0.15, 0.2) is 170 Å². The van der Waals surface area contributed by atoms with E-state index in [0.29, 0.717) is 35.1 Å². The van der Waals surface area contributed by atoms with Crippen LogP contribution in [-0.4, -0.2) is 206 Å². The van der Waals surface area contributed by atoms with Gasteiger partial charge in [0.15, 0.2) is 22.8 Å². The van der Waals surface area contributed by atoms with E-state index >= 15 is 0 Å². The Morgan fingerprint density at radius 1 is 0.394 bits per heavy atom. The van der Waals surface area contributed by atoms with Crippen molar-refractivity contribution < 1.29 is 144 Å². The number of nitrogens with one attached hydrogen (secondary N) is 6. The number of aromatic carboxylic acids is 1. The van der Waals surface area contributed by atoms with Crippen molar-refractivity contribution >= 4 is 78.1 Å². The number of rotatable bonds is 25. The van der Waals surface area contributed by atoms with Crippen molar-refractivity contribution in [2.24, 2.45) is 11.5 Å². The van der Waals surface area contributed by atoms with Crippen LogP contribution in [0.25, 0.3) is 22.7 Å². The molecule has 6 amide bonds. The van der Waals surface area contributed by atoms with E-state index in [1.54, 1.807) is 126 Å². The molecule has 0 aliphatic heterocycles. The van der Waals surface area contributed by atoms with Gasteiger partial charge < -0.3 is 81.6 Å². The fourth-order valence-corrected chi connectivity index (χ4v) is 9.98. The molecule has 35 nitrogen and oxygen atoms in total. The zero-order valence-corrected chi connectivity index (χ0v) is 69.8. The number of nitrogens with zero attached hydrogens (tertiary/aromatic N) is 8. The molecule has 0 radical (unpaired) electrons. The summed E-state index contributed by atoms with van der Waals surface area (Å²) in [5, 5.41) is 36.0. The number of hydrogen-bond acceptors (Lipinski definition) is 24. The molecule has 48 heteroatoms. The number of alkyl carbamates (subject to hydrolysis) is 2. The molecule has 5 aromatic carbocycles. The van der Waals surface area contributed by atoms with Crippen LogP contribution in [0.3, 0.4) is 0 Å². The summed E-state index contributed by atoms with van der Waals surface area (Å²) in [5.74, 6) is -8.61.